The highest BCUT2D eigenvalue weighted by Gasteiger charge is 2.13. The molecule has 4 nitrogen and oxygen atoms in total. The van der Waals surface area contributed by atoms with Crippen LogP contribution in [0, 0.1) is 6.92 Å². The van der Waals surface area contributed by atoms with Crippen molar-refractivity contribution in [1.82, 2.24) is 14.7 Å². The molecule has 0 amide bonds. The Hall–Kier alpha value is -0.460. The number of hydrogen-bond acceptors (Lipinski definition) is 3. The zero-order valence-electron chi connectivity index (χ0n) is 10.5. The normalized spacial score (nSPS) is 11.1. The van der Waals surface area contributed by atoms with Crippen LogP contribution in [0.5, 0.6) is 0 Å². The lowest BCUT2D eigenvalue weighted by Crippen LogP contribution is -2.28. The van der Waals surface area contributed by atoms with E-state index in [0.29, 0.717) is 4.99 Å². The van der Waals surface area contributed by atoms with Crippen LogP contribution >= 0.6 is 28.1 Å². The predicted octanol–water partition coefficient (Wildman–Crippen LogP) is 1.99. The maximum Gasteiger partial charge on any atom is 0.0740 e. The van der Waals surface area contributed by atoms with Crippen LogP contribution in [0.1, 0.15) is 24.7 Å². The summed E-state index contributed by atoms with van der Waals surface area (Å²) < 4.78 is 3.01. The van der Waals surface area contributed by atoms with Crippen LogP contribution in [0.25, 0.3) is 0 Å². The van der Waals surface area contributed by atoms with Gasteiger partial charge in [0.05, 0.1) is 20.8 Å². The Bertz CT molecular complexity index is 402. The summed E-state index contributed by atoms with van der Waals surface area (Å²) in [5.74, 6) is 0. The first-order chi connectivity index (χ1) is 7.95. The monoisotopic (exact) mass is 318 g/mol. The number of hydrogen-bond donors (Lipinski definition) is 1. The van der Waals surface area contributed by atoms with Gasteiger partial charge in [-0.3, -0.25) is 9.58 Å². The fourth-order valence-corrected chi connectivity index (χ4v) is 2.23. The van der Waals surface area contributed by atoms with E-state index in [9.17, 15) is 0 Å². The summed E-state index contributed by atoms with van der Waals surface area (Å²) in [4.78, 5) is 2.88. The van der Waals surface area contributed by atoms with Gasteiger partial charge in [0.2, 0.25) is 0 Å². The molecule has 1 aromatic heterocycles. The van der Waals surface area contributed by atoms with E-state index in [1.54, 1.807) is 0 Å². The van der Waals surface area contributed by atoms with Crippen molar-refractivity contribution in [1.29, 1.82) is 0 Å². The zero-order chi connectivity index (χ0) is 13.0. The van der Waals surface area contributed by atoms with Crippen molar-refractivity contribution in [2.75, 3.05) is 13.1 Å². The topological polar surface area (TPSA) is 47.1 Å². The lowest BCUT2D eigenvalue weighted by atomic mass is 10.3. The van der Waals surface area contributed by atoms with Crippen LogP contribution in [0.2, 0.25) is 0 Å². The fraction of sp³-hybridized carbons (Fsp3) is 0.636. The molecule has 0 saturated heterocycles. The SMILES string of the molecule is CCN(CCC(N)=S)Cc1c(Br)c(C)nn1C. The Morgan fingerprint density at radius 1 is 1.59 bits per heavy atom. The van der Waals surface area contributed by atoms with Crippen molar-refractivity contribution in [2.45, 2.75) is 26.8 Å². The molecule has 1 rings (SSSR count). The highest BCUT2D eigenvalue weighted by atomic mass is 79.9. The maximum atomic E-state index is 5.53. The summed E-state index contributed by atoms with van der Waals surface area (Å²) in [6, 6.07) is 0. The number of thiocarbonyl (C=S) groups is 1. The second-order valence-electron chi connectivity index (χ2n) is 4.05. The molecule has 0 unspecified atom stereocenters. The fourth-order valence-electron chi connectivity index (χ4n) is 1.68. The lowest BCUT2D eigenvalue weighted by molar-refractivity contribution is 0.280. The summed E-state index contributed by atoms with van der Waals surface area (Å²) in [5, 5.41) is 4.39. The third-order valence-electron chi connectivity index (χ3n) is 2.76. The number of rotatable bonds is 6. The number of nitrogens with two attached hydrogens (primary N) is 1. The maximum absolute atomic E-state index is 5.53. The average Bonchev–Trinajstić information content (AvgIpc) is 2.49. The van der Waals surface area contributed by atoms with Crippen LogP contribution < -0.4 is 5.73 Å². The first-order valence-electron chi connectivity index (χ1n) is 5.64. The van der Waals surface area contributed by atoms with Gasteiger partial charge in [-0.15, -0.1) is 0 Å². The van der Waals surface area contributed by atoms with Crippen molar-refractivity contribution >= 4 is 33.1 Å². The van der Waals surface area contributed by atoms with Crippen LogP contribution in [-0.4, -0.2) is 32.8 Å². The van der Waals surface area contributed by atoms with Gasteiger partial charge < -0.3 is 5.73 Å². The average molecular weight is 319 g/mol. The molecule has 6 heteroatoms. The largest absolute Gasteiger partial charge is 0.393 e. The molecule has 0 aliphatic heterocycles. The molecule has 1 heterocycles. The van der Waals surface area contributed by atoms with E-state index in [0.717, 1.165) is 36.2 Å². The van der Waals surface area contributed by atoms with Gasteiger partial charge in [-0.25, -0.2) is 0 Å². The van der Waals surface area contributed by atoms with Gasteiger partial charge in [0.25, 0.3) is 0 Å². The van der Waals surface area contributed by atoms with Crippen LogP contribution in [-0.2, 0) is 13.6 Å². The van der Waals surface area contributed by atoms with Crippen molar-refractivity contribution < 1.29 is 0 Å². The second-order valence-corrected chi connectivity index (χ2v) is 5.37. The van der Waals surface area contributed by atoms with Crippen molar-refractivity contribution in [3.8, 4) is 0 Å². The highest BCUT2D eigenvalue weighted by molar-refractivity contribution is 9.10. The Morgan fingerprint density at radius 2 is 2.24 bits per heavy atom. The molecule has 0 aromatic carbocycles. The molecule has 0 aliphatic carbocycles. The Balaban J connectivity index is 2.70. The van der Waals surface area contributed by atoms with Crippen molar-refractivity contribution in [3.05, 3.63) is 15.9 Å². The number of halogens is 1. The smallest absolute Gasteiger partial charge is 0.0740 e. The molecule has 2 N–H and O–H groups in total. The quantitative estimate of drug-likeness (QED) is 0.815. The molecule has 0 saturated carbocycles. The minimum Gasteiger partial charge on any atom is -0.393 e. The molecule has 0 atom stereocenters. The number of nitrogens with zero attached hydrogens (tertiary/aromatic N) is 3. The third kappa shape index (κ3) is 4.04. The van der Waals surface area contributed by atoms with Gasteiger partial charge in [0.1, 0.15) is 0 Å². The Kier molecular flexibility index (Phi) is 5.55. The van der Waals surface area contributed by atoms with Gasteiger partial charge in [-0.05, 0) is 29.4 Å². The standard InChI is InChI=1S/C11H19BrN4S/c1-4-16(6-5-10(13)17)7-9-11(12)8(2)14-15(9)3/h4-7H2,1-3H3,(H2,13,17). The summed E-state index contributed by atoms with van der Waals surface area (Å²) in [5.41, 5.74) is 7.74. The molecule has 96 valence electrons. The van der Waals surface area contributed by atoms with E-state index in [2.05, 4.69) is 32.9 Å². The molecular formula is C11H19BrN4S. The lowest BCUT2D eigenvalue weighted by Gasteiger charge is -2.20. The molecule has 17 heavy (non-hydrogen) atoms. The first-order valence-corrected chi connectivity index (χ1v) is 6.84. The number of aromatic nitrogens is 2. The van der Waals surface area contributed by atoms with Gasteiger partial charge in [0, 0.05) is 26.6 Å². The molecule has 0 aliphatic rings. The molecular weight excluding hydrogens is 300 g/mol. The minimum atomic E-state index is 0.573. The van der Waals surface area contributed by atoms with E-state index < -0.39 is 0 Å². The summed E-state index contributed by atoms with van der Waals surface area (Å²) in [6.45, 7) is 6.86. The van der Waals surface area contributed by atoms with Crippen LogP contribution in [0.3, 0.4) is 0 Å². The van der Waals surface area contributed by atoms with E-state index in [1.807, 2.05) is 18.7 Å². The molecule has 0 spiro atoms. The van der Waals surface area contributed by atoms with Gasteiger partial charge in [-0.2, -0.15) is 5.10 Å². The number of aryl methyl sites for hydroxylation is 2. The van der Waals surface area contributed by atoms with E-state index in [-0.39, 0.29) is 0 Å². The third-order valence-corrected chi connectivity index (χ3v) is 3.99. The molecule has 1 aromatic rings. The molecule has 0 fully saturated rings. The van der Waals surface area contributed by atoms with Gasteiger partial charge >= 0.3 is 0 Å². The molecule has 0 radical (unpaired) electrons. The van der Waals surface area contributed by atoms with Crippen LogP contribution in [0.4, 0.5) is 0 Å². The second kappa shape index (κ2) is 6.47. The molecule has 0 bridgehead atoms. The van der Waals surface area contributed by atoms with Gasteiger partial charge in [-0.1, -0.05) is 19.1 Å². The van der Waals surface area contributed by atoms with E-state index in [1.165, 1.54) is 5.69 Å². The Labute approximate surface area is 116 Å². The van der Waals surface area contributed by atoms with Crippen molar-refractivity contribution in [3.63, 3.8) is 0 Å². The first kappa shape index (κ1) is 14.6. The van der Waals surface area contributed by atoms with Crippen molar-refractivity contribution in [2.24, 2.45) is 12.8 Å². The van der Waals surface area contributed by atoms with Gasteiger partial charge in [0.15, 0.2) is 0 Å². The summed E-state index contributed by atoms with van der Waals surface area (Å²) in [6.07, 6.45) is 0.762. The van der Waals surface area contributed by atoms with Crippen LogP contribution in [0.15, 0.2) is 4.47 Å². The zero-order valence-corrected chi connectivity index (χ0v) is 12.9. The Morgan fingerprint density at radius 3 is 2.65 bits per heavy atom. The van der Waals surface area contributed by atoms with E-state index >= 15 is 0 Å². The summed E-state index contributed by atoms with van der Waals surface area (Å²) >= 11 is 8.48. The summed E-state index contributed by atoms with van der Waals surface area (Å²) in [7, 11) is 1.97. The van der Waals surface area contributed by atoms with E-state index in [4.69, 9.17) is 18.0 Å². The minimum absolute atomic E-state index is 0.573. The highest BCUT2D eigenvalue weighted by Crippen LogP contribution is 2.21. The predicted molar refractivity (Wildman–Crippen MR) is 78.0 cm³/mol.